The van der Waals surface area contributed by atoms with Crippen LogP contribution in [-0.4, -0.2) is 50.7 Å². The molecule has 1 unspecified atom stereocenters. The number of carbonyl (C=O) groups excluding carboxylic acids is 3. The van der Waals surface area contributed by atoms with Gasteiger partial charge in [0.25, 0.3) is 11.8 Å². The van der Waals surface area contributed by atoms with Crippen LogP contribution in [0.1, 0.15) is 46.4 Å². The van der Waals surface area contributed by atoms with Crippen molar-refractivity contribution < 1.29 is 23.9 Å². The average Bonchev–Trinajstić information content (AvgIpc) is 3.53. The smallest absolute Gasteiger partial charge is 0.337 e. The van der Waals surface area contributed by atoms with Crippen LogP contribution in [0.15, 0.2) is 42.5 Å². The fourth-order valence-electron chi connectivity index (χ4n) is 4.05. The number of benzene rings is 2. The molecule has 2 fully saturated rings. The third kappa shape index (κ3) is 4.91. The molecule has 8 nitrogen and oxygen atoms in total. The van der Waals surface area contributed by atoms with Crippen molar-refractivity contribution in [2.75, 3.05) is 42.3 Å². The maximum atomic E-state index is 13.0. The van der Waals surface area contributed by atoms with Crippen LogP contribution in [0.5, 0.6) is 0 Å². The van der Waals surface area contributed by atoms with Crippen molar-refractivity contribution >= 4 is 34.8 Å². The zero-order valence-electron chi connectivity index (χ0n) is 18.1. The van der Waals surface area contributed by atoms with Gasteiger partial charge in [0.2, 0.25) is 0 Å². The highest BCUT2D eigenvalue weighted by molar-refractivity contribution is 6.07. The summed E-state index contributed by atoms with van der Waals surface area (Å²) in [5.41, 5.74) is 2.70. The lowest BCUT2D eigenvalue weighted by atomic mass is 10.1. The Morgan fingerprint density at radius 3 is 2.53 bits per heavy atom. The number of ether oxygens (including phenoxy) is 2. The van der Waals surface area contributed by atoms with Crippen molar-refractivity contribution in [1.29, 1.82) is 0 Å². The van der Waals surface area contributed by atoms with Gasteiger partial charge in [-0.2, -0.15) is 0 Å². The van der Waals surface area contributed by atoms with Crippen molar-refractivity contribution in [3.63, 3.8) is 0 Å². The number of amides is 2. The first-order chi connectivity index (χ1) is 15.5. The quantitative estimate of drug-likeness (QED) is 0.672. The highest BCUT2D eigenvalue weighted by Crippen LogP contribution is 2.31. The minimum Gasteiger partial charge on any atom is -0.465 e. The first-order valence-electron chi connectivity index (χ1n) is 10.9. The van der Waals surface area contributed by atoms with E-state index in [1.165, 1.54) is 7.11 Å². The first-order valence-corrected chi connectivity index (χ1v) is 10.9. The zero-order chi connectivity index (χ0) is 22.5. The van der Waals surface area contributed by atoms with Crippen LogP contribution in [0, 0.1) is 0 Å². The molecule has 0 aromatic heterocycles. The number of hydrogen-bond acceptors (Lipinski definition) is 6. The predicted octanol–water partition coefficient (Wildman–Crippen LogP) is 3.44. The Hall–Kier alpha value is -3.39. The lowest BCUT2D eigenvalue weighted by Crippen LogP contribution is -2.27. The summed E-state index contributed by atoms with van der Waals surface area (Å²) in [4.78, 5) is 39.6. The summed E-state index contributed by atoms with van der Waals surface area (Å²) >= 11 is 0. The van der Waals surface area contributed by atoms with E-state index >= 15 is 0 Å². The molecule has 8 heteroatoms. The fraction of sp³-hybridized carbons (Fsp3) is 0.375. The number of nitrogens with one attached hydrogen (secondary N) is 2. The van der Waals surface area contributed by atoms with Gasteiger partial charge in [0.15, 0.2) is 0 Å². The molecular formula is C24H27N3O5. The molecule has 2 aromatic carbocycles. The van der Waals surface area contributed by atoms with Gasteiger partial charge in [-0.15, -0.1) is 0 Å². The number of nitrogens with zero attached hydrogens (tertiary/aromatic N) is 1. The predicted molar refractivity (Wildman–Crippen MR) is 121 cm³/mol. The van der Waals surface area contributed by atoms with Gasteiger partial charge in [-0.3, -0.25) is 9.59 Å². The molecule has 168 valence electrons. The summed E-state index contributed by atoms with van der Waals surface area (Å²) in [5, 5.41) is 5.75. The van der Waals surface area contributed by atoms with E-state index < -0.39 is 12.1 Å². The average molecular weight is 437 g/mol. The van der Waals surface area contributed by atoms with Gasteiger partial charge in [-0.25, -0.2) is 4.79 Å². The summed E-state index contributed by atoms with van der Waals surface area (Å²) < 4.78 is 10.2. The van der Waals surface area contributed by atoms with Gasteiger partial charge in [0.05, 0.1) is 24.0 Å². The van der Waals surface area contributed by atoms with Crippen LogP contribution in [0.3, 0.4) is 0 Å². The number of anilines is 3. The molecule has 2 aromatic rings. The van der Waals surface area contributed by atoms with Crippen molar-refractivity contribution in [2.24, 2.45) is 0 Å². The van der Waals surface area contributed by atoms with E-state index in [1.807, 2.05) is 6.07 Å². The third-order valence-corrected chi connectivity index (χ3v) is 5.73. The Balaban J connectivity index is 1.53. The third-order valence-electron chi connectivity index (χ3n) is 5.73. The van der Waals surface area contributed by atoms with E-state index in [0.29, 0.717) is 35.5 Å². The van der Waals surface area contributed by atoms with Gasteiger partial charge in [-0.1, -0.05) is 6.07 Å². The van der Waals surface area contributed by atoms with Crippen LogP contribution in [-0.2, 0) is 14.3 Å². The number of carbonyl (C=O) groups is 3. The monoisotopic (exact) mass is 437 g/mol. The van der Waals surface area contributed by atoms with Gasteiger partial charge in [0, 0.05) is 30.9 Å². The maximum absolute atomic E-state index is 13.0. The molecule has 0 aliphatic carbocycles. The molecule has 4 rings (SSSR count). The molecule has 0 bridgehead atoms. The minimum absolute atomic E-state index is 0.206. The SMILES string of the molecule is COC(=O)c1ccc(N2CCCC2)c(NC(=O)c2cccc(NC(=O)C3CCCO3)c2)c1. The summed E-state index contributed by atoms with van der Waals surface area (Å²) in [5.74, 6) is -1.00. The van der Waals surface area contributed by atoms with Crippen molar-refractivity contribution in [1.82, 2.24) is 0 Å². The Morgan fingerprint density at radius 1 is 1.00 bits per heavy atom. The van der Waals surface area contributed by atoms with Crippen molar-refractivity contribution in [3.8, 4) is 0 Å². The minimum atomic E-state index is -0.465. The van der Waals surface area contributed by atoms with E-state index in [1.54, 1.807) is 36.4 Å². The second-order valence-electron chi connectivity index (χ2n) is 7.94. The molecular weight excluding hydrogens is 410 g/mol. The Kier molecular flexibility index (Phi) is 6.70. The largest absolute Gasteiger partial charge is 0.465 e. The van der Waals surface area contributed by atoms with Crippen LogP contribution >= 0.6 is 0 Å². The zero-order valence-corrected chi connectivity index (χ0v) is 18.1. The molecule has 2 saturated heterocycles. The standard InChI is InChI=1S/C24H27N3O5/c1-31-24(30)17-9-10-20(27-11-2-3-12-27)19(15-17)26-22(28)16-6-4-7-18(14-16)25-23(29)21-8-5-13-32-21/h4,6-7,9-10,14-15,21H,2-3,5,8,11-13H2,1H3,(H,25,29)(H,26,28). The molecule has 2 N–H and O–H groups in total. The Bertz CT molecular complexity index is 1010. The van der Waals surface area contributed by atoms with E-state index in [9.17, 15) is 14.4 Å². The fourth-order valence-corrected chi connectivity index (χ4v) is 4.05. The maximum Gasteiger partial charge on any atom is 0.337 e. The lowest BCUT2D eigenvalue weighted by molar-refractivity contribution is -0.124. The summed E-state index contributed by atoms with van der Waals surface area (Å²) in [6.45, 7) is 2.38. The van der Waals surface area contributed by atoms with Gasteiger partial charge >= 0.3 is 5.97 Å². The highest BCUT2D eigenvalue weighted by atomic mass is 16.5. The van der Waals surface area contributed by atoms with Gasteiger partial charge < -0.3 is 25.0 Å². The normalized spacial score (nSPS) is 17.8. The Morgan fingerprint density at radius 2 is 1.81 bits per heavy atom. The molecule has 0 spiro atoms. The van der Waals surface area contributed by atoms with Gasteiger partial charge in [-0.05, 0) is 62.1 Å². The highest BCUT2D eigenvalue weighted by Gasteiger charge is 2.24. The molecule has 2 aliphatic heterocycles. The van der Waals surface area contributed by atoms with E-state index in [0.717, 1.165) is 38.0 Å². The number of rotatable bonds is 6. The van der Waals surface area contributed by atoms with Crippen molar-refractivity contribution in [2.45, 2.75) is 31.8 Å². The second kappa shape index (κ2) is 9.82. The van der Waals surface area contributed by atoms with E-state index in [2.05, 4.69) is 15.5 Å². The summed E-state index contributed by atoms with van der Waals surface area (Å²) in [7, 11) is 1.32. The molecule has 32 heavy (non-hydrogen) atoms. The van der Waals surface area contributed by atoms with Crippen LogP contribution in [0.2, 0.25) is 0 Å². The number of esters is 1. The van der Waals surface area contributed by atoms with E-state index in [-0.39, 0.29) is 11.8 Å². The number of hydrogen-bond donors (Lipinski definition) is 2. The molecule has 2 aliphatic rings. The van der Waals surface area contributed by atoms with E-state index in [4.69, 9.17) is 9.47 Å². The molecule has 2 heterocycles. The lowest BCUT2D eigenvalue weighted by Gasteiger charge is -2.22. The Labute approximate surface area is 186 Å². The molecule has 1 atom stereocenters. The topological polar surface area (TPSA) is 97.0 Å². The molecule has 2 amide bonds. The molecule has 0 radical (unpaired) electrons. The second-order valence-corrected chi connectivity index (χ2v) is 7.94. The molecule has 0 saturated carbocycles. The van der Waals surface area contributed by atoms with Gasteiger partial charge in [0.1, 0.15) is 6.10 Å². The first kappa shape index (κ1) is 21.8. The number of methoxy groups -OCH3 is 1. The van der Waals surface area contributed by atoms with Crippen LogP contribution < -0.4 is 15.5 Å². The van der Waals surface area contributed by atoms with Crippen LogP contribution in [0.25, 0.3) is 0 Å². The van der Waals surface area contributed by atoms with Crippen LogP contribution in [0.4, 0.5) is 17.1 Å². The van der Waals surface area contributed by atoms with Crippen molar-refractivity contribution in [3.05, 3.63) is 53.6 Å². The summed E-state index contributed by atoms with van der Waals surface area (Å²) in [6.07, 6.45) is 3.28. The summed E-state index contributed by atoms with van der Waals surface area (Å²) in [6, 6.07) is 11.9.